The first-order valence-corrected chi connectivity index (χ1v) is 7.99. The molecule has 0 aromatic carbocycles. The fourth-order valence-electron chi connectivity index (χ4n) is 2.84. The maximum atomic E-state index is 9.48. The quantitative estimate of drug-likeness (QED) is 0.743. The SMILES string of the molecule is CCCNC(C#N)(CC)CCCN1CCOC(C)(C)C1. The molecule has 0 spiro atoms. The molecule has 4 nitrogen and oxygen atoms in total. The zero-order valence-corrected chi connectivity index (χ0v) is 13.7. The maximum Gasteiger partial charge on any atom is 0.106 e. The maximum absolute atomic E-state index is 9.48. The van der Waals surface area contributed by atoms with Gasteiger partial charge in [0.15, 0.2) is 0 Å². The Morgan fingerprint density at radius 3 is 2.70 bits per heavy atom. The summed E-state index contributed by atoms with van der Waals surface area (Å²) < 4.78 is 5.73. The number of nitrogens with zero attached hydrogens (tertiary/aromatic N) is 2. The molecule has 0 radical (unpaired) electrons. The molecule has 1 aliphatic heterocycles. The van der Waals surface area contributed by atoms with E-state index >= 15 is 0 Å². The zero-order valence-electron chi connectivity index (χ0n) is 13.7. The largest absolute Gasteiger partial charge is 0.373 e. The summed E-state index contributed by atoms with van der Waals surface area (Å²) >= 11 is 0. The van der Waals surface area contributed by atoms with Crippen LogP contribution >= 0.6 is 0 Å². The van der Waals surface area contributed by atoms with E-state index in [0.717, 1.165) is 58.5 Å². The molecular formula is C16H31N3O. The van der Waals surface area contributed by atoms with Gasteiger partial charge in [0.1, 0.15) is 5.54 Å². The molecule has 1 unspecified atom stereocenters. The number of hydrogen-bond acceptors (Lipinski definition) is 4. The molecule has 0 bridgehead atoms. The van der Waals surface area contributed by atoms with Crippen molar-refractivity contribution in [2.75, 3.05) is 32.8 Å². The summed E-state index contributed by atoms with van der Waals surface area (Å²) in [6, 6.07) is 2.50. The van der Waals surface area contributed by atoms with E-state index in [1.807, 2.05) is 0 Å². The molecule has 20 heavy (non-hydrogen) atoms. The van der Waals surface area contributed by atoms with Gasteiger partial charge in [-0.2, -0.15) is 5.26 Å². The minimum absolute atomic E-state index is 0.0320. The van der Waals surface area contributed by atoms with E-state index in [2.05, 4.69) is 44.0 Å². The second kappa shape index (κ2) is 7.97. The van der Waals surface area contributed by atoms with Crippen LogP contribution in [0.1, 0.15) is 53.4 Å². The summed E-state index contributed by atoms with van der Waals surface area (Å²) in [5, 5.41) is 12.9. The molecule has 1 rings (SSSR count). The van der Waals surface area contributed by atoms with Crippen molar-refractivity contribution in [1.82, 2.24) is 10.2 Å². The van der Waals surface area contributed by atoms with Gasteiger partial charge in [-0.15, -0.1) is 0 Å². The van der Waals surface area contributed by atoms with Gasteiger partial charge in [-0.3, -0.25) is 10.2 Å². The van der Waals surface area contributed by atoms with Crippen LogP contribution in [0.25, 0.3) is 0 Å². The van der Waals surface area contributed by atoms with Crippen LogP contribution in [0.4, 0.5) is 0 Å². The van der Waals surface area contributed by atoms with E-state index in [0.29, 0.717) is 0 Å². The molecular weight excluding hydrogens is 250 g/mol. The summed E-state index contributed by atoms with van der Waals surface area (Å²) in [6.45, 7) is 13.3. The molecule has 0 amide bonds. The fourth-order valence-corrected chi connectivity index (χ4v) is 2.84. The van der Waals surface area contributed by atoms with Crippen molar-refractivity contribution in [2.24, 2.45) is 0 Å². The van der Waals surface area contributed by atoms with Crippen LogP contribution < -0.4 is 5.32 Å². The Kier molecular flexibility index (Phi) is 6.94. The average molecular weight is 281 g/mol. The normalized spacial score (nSPS) is 22.1. The lowest BCUT2D eigenvalue weighted by Crippen LogP contribution is -2.49. The molecule has 0 saturated carbocycles. The molecule has 1 saturated heterocycles. The molecule has 1 atom stereocenters. The van der Waals surface area contributed by atoms with Crippen molar-refractivity contribution in [3.05, 3.63) is 0 Å². The Morgan fingerprint density at radius 2 is 2.15 bits per heavy atom. The van der Waals surface area contributed by atoms with Crippen molar-refractivity contribution in [1.29, 1.82) is 5.26 Å². The highest BCUT2D eigenvalue weighted by Crippen LogP contribution is 2.20. The number of nitriles is 1. The highest BCUT2D eigenvalue weighted by Gasteiger charge is 2.29. The van der Waals surface area contributed by atoms with Gasteiger partial charge in [0.05, 0.1) is 18.3 Å². The van der Waals surface area contributed by atoms with Gasteiger partial charge < -0.3 is 4.74 Å². The number of nitrogens with one attached hydrogen (secondary N) is 1. The van der Waals surface area contributed by atoms with Crippen LogP contribution in [0.15, 0.2) is 0 Å². The van der Waals surface area contributed by atoms with Gasteiger partial charge in [0, 0.05) is 13.1 Å². The number of morpholine rings is 1. The van der Waals surface area contributed by atoms with E-state index in [1.165, 1.54) is 0 Å². The minimum atomic E-state index is -0.336. The Hall–Kier alpha value is -0.630. The summed E-state index contributed by atoms with van der Waals surface area (Å²) in [4.78, 5) is 2.46. The summed E-state index contributed by atoms with van der Waals surface area (Å²) in [5.74, 6) is 0. The predicted molar refractivity (Wildman–Crippen MR) is 82.6 cm³/mol. The summed E-state index contributed by atoms with van der Waals surface area (Å²) in [5.41, 5.74) is -0.367. The molecule has 1 N–H and O–H groups in total. The van der Waals surface area contributed by atoms with Gasteiger partial charge in [-0.1, -0.05) is 13.8 Å². The third-order valence-electron chi connectivity index (χ3n) is 4.11. The van der Waals surface area contributed by atoms with E-state index in [9.17, 15) is 5.26 Å². The number of rotatable bonds is 8. The third kappa shape index (κ3) is 5.40. The molecule has 0 aromatic heterocycles. The van der Waals surface area contributed by atoms with Gasteiger partial charge in [-0.25, -0.2) is 0 Å². The molecule has 1 heterocycles. The standard InChI is InChI=1S/C16H31N3O/c1-5-9-18-16(6-2,13-17)8-7-10-19-11-12-20-15(3,4)14-19/h18H,5-12,14H2,1-4H3. The van der Waals surface area contributed by atoms with Crippen molar-refractivity contribution in [3.8, 4) is 6.07 Å². The lowest BCUT2D eigenvalue weighted by atomic mass is 9.91. The minimum Gasteiger partial charge on any atom is -0.373 e. The third-order valence-corrected chi connectivity index (χ3v) is 4.11. The van der Waals surface area contributed by atoms with E-state index in [4.69, 9.17) is 4.74 Å². The van der Waals surface area contributed by atoms with Crippen LogP contribution in [0.5, 0.6) is 0 Å². The van der Waals surface area contributed by atoms with Gasteiger partial charge in [0.2, 0.25) is 0 Å². The van der Waals surface area contributed by atoms with Crippen molar-refractivity contribution in [2.45, 2.75) is 64.5 Å². The van der Waals surface area contributed by atoms with Gasteiger partial charge >= 0.3 is 0 Å². The smallest absolute Gasteiger partial charge is 0.106 e. The molecule has 1 fully saturated rings. The van der Waals surface area contributed by atoms with Crippen LogP contribution in [0.2, 0.25) is 0 Å². The molecule has 4 heteroatoms. The van der Waals surface area contributed by atoms with Crippen LogP contribution in [-0.2, 0) is 4.74 Å². The van der Waals surface area contributed by atoms with Crippen molar-refractivity contribution < 1.29 is 4.74 Å². The Bertz CT molecular complexity index is 324. The molecule has 0 aromatic rings. The molecule has 116 valence electrons. The topological polar surface area (TPSA) is 48.3 Å². The Labute approximate surface area is 124 Å². The number of ether oxygens (including phenoxy) is 1. The second-order valence-electron chi connectivity index (χ2n) is 6.46. The van der Waals surface area contributed by atoms with Gasteiger partial charge in [0.25, 0.3) is 0 Å². The highest BCUT2D eigenvalue weighted by molar-refractivity contribution is 5.06. The first-order valence-electron chi connectivity index (χ1n) is 7.99. The van der Waals surface area contributed by atoms with E-state index in [-0.39, 0.29) is 11.1 Å². The molecule has 0 aliphatic carbocycles. The monoisotopic (exact) mass is 281 g/mol. The number of hydrogen-bond donors (Lipinski definition) is 1. The first-order chi connectivity index (χ1) is 9.47. The second-order valence-corrected chi connectivity index (χ2v) is 6.46. The van der Waals surface area contributed by atoms with Crippen molar-refractivity contribution >= 4 is 0 Å². The zero-order chi connectivity index (χ0) is 15.1. The Balaban J connectivity index is 2.39. The predicted octanol–water partition coefficient (Wildman–Crippen LogP) is 2.55. The average Bonchev–Trinajstić information content (AvgIpc) is 2.42. The van der Waals surface area contributed by atoms with Gasteiger partial charge in [-0.05, 0) is 52.6 Å². The van der Waals surface area contributed by atoms with Crippen LogP contribution in [0, 0.1) is 11.3 Å². The molecule has 1 aliphatic rings. The van der Waals surface area contributed by atoms with Crippen molar-refractivity contribution in [3.63, 3.8) is 0 Å². The summed E-state index contributed by atoms with van der Waals surface area (Å²) in [7, 11) is 0. The highest BCUT2D eigenvalue weighted by atomic mass is 16.5. The fraction of sp³-hybridized carbons (Fsp3) is 0.938. The summed E-state index contributed by atoms with van der Waals surface area (Å²) in [6.07, 6.45) is 3.94. The van der Waals surface area contributed by atoms with Crippen LogP contribution in [0.3, 0.4) is 0 Å². The Morgan fingerprint density at radius 1 is 1.40 bits per heavy atom. The lowest BCUT2D eigenvalue weighted by molar-refractivity contribution is -0.0862. The van der Waals surface area contributed by atoms with Crippen LogP contribution in [-0.4, -0.2) is 48.8 Å². The van der Waals surface area contributed by atoms with E-state index < -0.39 is 0 Å². The first kappa shape index (κ1) is 17.4. The lowest BCUT2D eigenvalue weighted by Gasteiger charge is -2.38. The van der Waals surface area contributed by atoms with E-state index in [1.54, 1.807) is 0 Å².